The van der Waals surface area contributed by atoms with E-state index in [4.69, 9.17) is 14.9 Å². The Labute approximate surface area is 163 Å². The Hall–Kier alpha value is -3.30. The van der Waals surface area contributed by atoms with Crippen molar-refractivity contribution in [2.75, 3.05) is 0 Å². The molecule has 0 bridgehead atoms. The van der Waals surface area contributed by atoms with E-state index < -0.39 is 11.5 Å². The second-order valence-corrected chi connectivity index (χ2v) is 6.85. The van der Waals surface area contributed by atoms with Gasteiger partial charge in [0.2, 0.25) is 5.88 Å². The maximum Gasteiger partial charge on any atom is 0.347 e. The van der Waals surface area contributed by atoms with Gasteiger partial charge in [-0.2, -0.15) is 5.26 Å². The lowest BCUT2D eigenvalue weighted by Crippen LogP contribution is -2.21. The number of benzene rings is 2. The van der Waals surface area contributed by atoms with Crippen molar-refractivity contribution in [3.63, 3.8) is 0 Å². The number of ether oxygens (including phenoxy) is 1. The average molecular weight is 421 g/mol. The van der Waals surface area contributed by atoms with Crippen LogP contribution in [0.4, 0.5) is 0 Å². The molecule has 6 heteroatoms. The van der Waals surface area contributed by atoms with Gasteiger partial charge in [0.1, 0.15) is 22.8 Å². The Bertz CT molecular complexity index is 1200. The molecule has 2 aromatic carbocycles. The van der Waals surface area contributed by atoms with Gasteiger partial charge in [-0.05, 0) is 17.7 Å². The van der Waals surface area contributed by atoms with E-state index in [0.717, 1.165) is 10.9 Å². The fourth-order valence-corrected chi connectivity index (χ4v) is 3.88. The number of fused-ring (bicyclic) bond motifs is 1. The minimum Gasteiger partial charge on any atom is -0.439 e. The second kappa shape index (κ2) is 6.78. The average Bonchev–Trinajstić information content (AvgIpc) is 2.69. The molecule has 4 rings (SSSR count). The number of hydrogen-bond acceptors (Lipinski definition) is 5. The number of halogens is 1. The predicted molar refractivity (Wildman–Crippen MR) is 105 cm³/mol. The van der Waals surface area contributed by atoms with Crippen molar-refractivity contribution in [3.05, 3.63) is 98.1 Å². The van der Waals surface area contributed by atoms with Crippen LogP contribution < -0.4 is 11.4 Å². The summed E-state index contributed by atoms with van der Waals surface area (Å²) in [5.41, 5.74) is 7.34. The zero-order valence-corrected chi connectivity index (χ0v) is 15.6. The van der Waals surface area contributed by atoms with Crippen molar-refractivity contribution in [1.82, 2.24) is 0 Å². The van der Waals surface area contributed by atoms with Crippen molar-refractivity contribution in [2.24, 2.45) is 5.73 Å². The van der Waals surface area contributed by atoms with Gasteiger partial charge >= 0.3 is 5.63 Å². The Kier molecular flexibility index (Phi) is 4.30. The summed E-state index contributed by atoms with van der Waals surface area (Å²) < 4.78 is 11.6. The smallest absolute Gasteiger partial charge is 0.347 e. The molecule has 1 aliphatic rings. The number of hydrogen-bond donors (Lipinski definition) is 1. The summed E-state index contributed by atoms with van der Waals surface area (Å²) in [6, 6.07) is 20.4. The molecule has 0 aliphatic carbocycles. The quantitative estimate of drug-likeness (QED) is 0.621. The first-order valence-corrected chi connectivity index (χ1v) is 8.95. The minimum absolute atomic E-state index is 0.0305. The van der Waals surface area contributed by atoms with Gasteiger partial charge in [-0.3, -0.25) is 0 Å². The van der Waals surface area contributed by atoms with Crippen LogP contribution in [-0.4, -0.2) is 0 Å². The third kappa shape index (κ3) is 2.92. The van der Waals surface area contributed by atoms with Gasteiger partial charge in [-0.1, -0.05) is 64.5 Å². The topological polar surface area (TPSA) is 89.2 Å². The first-order chi connectivity index (χ1) is 13.1. The van der Waals surface area contributed by atoms with Gasteiger partial charge in [-0.15, -0.1) is 0 Å². The van der Waals surface area contributed by atoms with E-state index in [1.54, 1.807) is 18.2 Å². The molecule has 0 saturated heterocycles. The summed E-state index contributed by atoms with van der Waals surface area (Å²) in [5.74, 6) is -0.247. The van der Waals surface area contributed by atoms with Crippen LogP contribution in [-0.2, 0) is 4.74 Å². The summed E-state index contributed by atoms with van der Waals surface area (Å²) in [4.78, 5) is 12.6. The molecule has 27 heavy (non-hydrogen) atoms. The fraction of sp³-hybridized carbons (Fsp3) is 0.0476. The standard InChI is InChI=1S/C21H13BrN2O3/c22-18-17(12-6-2-1-3-7-12)15(11-23)20(24)27-19(18)14-10-13-8-4-5-9-16(13)26-21(14)25/h1-10,17H,24H2. The minimum atomic E-state index is -0.541. The molecular weight excluding hydrogens is 408 g/mol. The van der Waals surface area contributed by atoms with Crippen LogP contribution in [0.25, 0.3) is 16.7 Å². The molecule has 3 aromatic rings. The molecule has 2 N–H and O–H groups in total. The Morgan fingerprint density at radius 2 is 1.78 bits per heavy atom. The van der Waals surface area contributed by atoms with Crippen LogP contribution in [0, 0.1) is 11.3 Å². The molecule has 1 aromatic heterocycles. The third-order valence-electron chi connectivity index (χ3n) is 4.38. The van der Waals surface area contributed by atoms with Crippen LogP contribution in [0.3, 0.4) is 0 Å². The molecule has 1 atom stereocenters. The fourth-order valence-electron chi connectivity index (χ4n) is 3.10. The third-order valence-corrected chi connectivity index (χ3v) is 5.19. The zero-order chi connectivity index (χ0) is 19.0. The number of allylic oxidation sites excluding steroid dienone is 2. The molecule has 0 spiro atoms. The maximum atomic E-state index is 12.6. The molecular formula is C21H13BrN2O3. The van der Waals surface area contributed by atoms with E-state index in [1.165, 1.54) is 0 Å². The predicted octanol–water partition coefficient (Wildman–Crippen LogP) is 4.36. The number of nitriles is 1. The van der Waals surface area contributed by atoms with E-state index in [0.29, 0.717) is 10.1 Å². The van der Waals surface area contributed by atoms with E-state index in [9.17, 15) is 10.1 Å². The van der Waals surface area contributed by atoms with Crippen molar-refractivity contribution in [1.29, 1.82) is 5.26 Å². The van der Waals surface area contributed by atoms with Crippen LogP contribution in [0.1, 0.15) is 17.0 Å². The van der Waals surface area contributed by atoms with Crippen LogP contribution in [0.5, 0.6) is 0 Å². The highest BCUT2D eigenvalue weighted by Crippen LogP contribution is 2.44. The number of rotatable bonds is 2. The molecule has 0 saturated carbocycles. The molecule has 0 amide bonds. The lowest BCUT2D eigenvalue weighted by Gasteiger charge is -2.26. The number of para-hydroxylation sites is 1. The van der Waals surface area contributed by atoms with Gasteiger partial charge in [0.15, 0.2) is 5.76 Å². The van der Waals surface area contributed by atoms with E-state index in [-0.39, 0.29) is 22.8 Å². The molecule has 1 unspecified atom stereocenters. The van der Waals surface area contributed by atoms with Crippen LogP contribution in [0.15, 0.2) is 85.8 Å². The van der Waals surface area contributed by atoms with Crippen LogP contribution in [0.2, 0.25) is 0 Å². The second-order valence-electron chi connectivity index (χ2n) is 6.00. The Morgan fingerprint density at radius 3 is 2.52 bits per heavy atom. The van der Waals surface area contributed by atoms with Crippen molar-refractivity contribution in [3.8, 4) is 6.07 Å². The summed E-state index contributed by atoms with van der Waals surface area (Å²) >= 11 is 3.53. The lowest BCUT2D eigenvalue weighted by atomic mass is 9.89. The summed E-state index contributed by atoms with van der Waals surface area (Å²) in [7, 11) is 0. The van der Waals surface area contributed by atoms with Crippen molar-refractivity contribution < 1.29 is 9.15 Å². The van der Waals surface area contributed by atoms with E-state index in [1.807, 2.05) is 42.5 Å². The van der Waals surface area contributed by atoms with Crippen LogP contribution >= 0.6 is 15.9 Å². The Morgan fingerprint density at radius 1 is 1.07 bits per heavy atom. The molecule has 2 heterocycles. The SMILES string of the molecule is N#CC1=C(N)OC(c2cc3ccccc3oc2=O)=C(Br)C1c1ccccc1. The molecule has 0 radical (unpaired) electrons. The lowest BCUT2D eigenvalue weighted by molar-refractivity contribution is 0.357. The zero-order valence-electron chi connectivity index (χ0n) is 14.0. The van der Waals surface area contributed by atoms with Gasteiger partial charge in [0.25, 0.3) is 0 Å². The maximum absolute atomic E-state index is 12.6. The molecule has 0 fully saturated rings. The highest BCUT2D eigenvalue weighted by molar-refractivity contribution is 9.11. The first kappa shape index (κ1) is 17.1. The van der Waals surface area contributed by atoms with Crippen molar-refractivity contribution >= 4 is 32.7 Å². The van der Waals surface area contributed by atoms with Crippen molar-refractivity contribution in [2.45, 2.75) is 5.92 Å². The normalized spacial score (nSPS) is 17.0. The van der Waals surface area contributed by atoms with Gasteiger partial charge < -0.3 is 14.9 Å². The summed E-state index contributed by atoms with van der Waals surface area (Å²) in [5, 5.41) is 10.3. The Balaban J connectivity index is 1.94. The molecule has 1 aliphatic heterocycles. The monoisotopic (exact) mass is 420 g/mol. The van der Waals surface area contributed by atoms with E-state index in [2.05, 4.69) is 22.0 Å². The molecule has 5 nitrogen and oxygen atoms in total. The number of nitrogens with zero attached hydrogens (tertiary/aromatic N) is 1. The highest BCUT2D eigenvalue weighted by Gasteiger charge is 2.33. The first-order valence-electron chi connectivity index (χ1n) is 8.15. The highest BCUT2D eigenvalue weighted by atomic mass is 79.9. The number of nitrogens with two attached hydrogens (primary N) is 1. The van der Waals surface area contributed by atoms with Gasteiger partial charge in [0.05, 0.1) is 10.4 Å². The largest absolute Gasteiger partial charge is 0.439 e. The van der Waals surface area contributed by atoms with E-state index >= 15 is 0 Å². The summed E-state index contributed by atoms with van der Waals surface area (Å²) in [6.45, 7) is 0. The van der Waals surface area contributed by atoms with Gasteiger partial charge in [0, 0.05) is 5.39 Å². The molecule has 132 valence electrons. The van der Waals surface area contributed by atoms with Gasteiger partial charge in [-0.25, -0.2) is 4.79 Å². The summed E-state index contributed by atoms with van der Waals surface area (Å²) in [6.07, 6.45) is 0.